The molecule has 4 aromatic rings. The molecule has 0 spiro atoms. The van der Waals surface area contributed by atoms with Gasteiger partial charge in [-0.15, -0.1) is 0 Å². The molecule has 10 heteroatoms. The summed E-state index contributed by atoms with van der Waals surface area (Å²) < 4.78 is 34.7. The van der Waals surface area contributed by atoms with Crippen molar-refractivity contribution in [2.75, 3.05) is 13.1 Å². The number of piperidine rings is 1. The molecule has 0 radical (unpaired) electrons. The second kappa shape index (κ2) is 9.87. The van der Waals surface area contributed by atoms with Crippen LogP contribution in [0.5, 0.6) is 5.88 Å². The van der Waals surface area contributed by atoms with Gasteiger partial charge in [0, 0.05) is 60.8 Å². The van der Waals surface area contributed by atoms with Crippen molar-refractivity contribution in [3.63, 3.8) is 0 Å². The lowest BCUT2D eigenvalue weighted by molar-refractivity contribution is 0.0873. The van der Waals surface area contributed by atoms with Gasteiger partial charge < -0.3 is 14.7 Å². The second-order valence-corrected chi connectivity index (χ2v) is 9.19. The van der Waals surface area contributed by atoms with E-state index in [0.717, 1.165) is 6.07 Å². The Kier molecular flexibility index (Phi) is 6.64. The summed E-state index contributed by atoms with van der Waals surface area (Å²) in [6, 6.07) is 11.7. The number of halogens is 4. The summed E-state index contributed by atoms with van der Waals surface area (Å²) in [6.45, 7) is 0.657. The lowest BCUT2D eigenvalue weighted by Crippen LogP contribution is -2.41. The van der Waals surface area contributed by atoms with Crippen LogP contribution in [0.1, 0.15) is 12.8 Å². The first kappa shape index (κ1) is 24.2. The lowest BCUT2D eigenvalue weighted by atomic mass is 9.99. The largest absolute Gasteiger partial charge is 0.474 e. The summed E-state index contributed by atoms with van der Waals surface area (Å²) in [5.41, 5.74) is 1.83. The number of ether oxygens (including phenoxy) is 1. The van der Waals surface area contributed by atoms with E-state index in [1.54, 1.807) is 36.5 Å². The van der Waals surface area contributed by atoms with Gasteiger partial charge in [0.2, 0.25) is 5.88 Å². The molecule has 1 aliphatic heterocycles. The van der Waals surface area contributed by atoms with Gasteiger partial charge >= 0.3 is 6.09 Å². The minimum atomic E-state index is -0.973. The molecule has 2 aromatic heterocycles. The first-order valence-corrected chi connectivity index (χ1v) is 11.9. The number of carbonyl (C=O) groups is 1. The molecule has 36 heavy (non-hydrogen) atoms. The van der Waals surface area contributed by atoms with Crippen molar-refractivity contribution >= 4 is 40.2 Å². The van der Waals surface area contributed by atoms with Crippen molar-refractivity contribution in [2.45, 2.75) is 18.9 Å². The summed E-state index contributed by atoms with van der Waals surface area (Å²) in [5, 5.41) is 10.5. The smallest absolute Gasteiger partial charge is 0.407 e. The zero-order chi connectivity index (χ0) is 25.4. The minimum absolute atomic E-state index is 0.164. The van der Waals surface area contributed by atoms with E-state index in [-0.39, 0.29) is 17.5 Å². The molecule has 0 bridgehead atoms. The molecule has 0 aliphatic carbocycles. The fourth-order valence-electron chi connectivity index (χ4n) is 4.36. The third kappa shape index (κ3) is 4.66. The molecule has 1 fully saturated rings. The minimum Gasteiger partial charge on any atom is -0.474 e. The monoisotopic (exact) mass is 529 g/mol. The maximum Gasteiger partial charge on any atom is 0.407 e. The van der Waals surface area contributed by atoms with Crippen molar-refractivity contribution in [2.24, 2.45) is 0 Å². The highest BCUT2D eigenvalue weighted by atomic mass is 35.5. The van der Waals surface area contributed by atoms with E-state index in [0.29, 0.717) is 63.7 Å². The van der Waals surface area contributed by atoms with Gasteiger partial charge in [0.1, 0.15) is 23.3 Å². The standard InChI is InChI=1S/C26H19Cl2F2N3O3/c27-19-2-1-3-20(28)23(19)25-24-17(6-9-31-25)18(16-5-4-14(29)12-21(16)30)13-22(32-24)36-15-7-10-33(11-8-15)26(34)35/h1-6,9,12-13,15H,7-8,10-11H2,(H,34,35). The highest BCUT2D eigenvalue weighted by Gasteiger charge is 2.25. The van der Waals surface area contributed by atoms with E-state index in [1.807, 2.05) is 0 Å². The number of likely N-dealkylation sites (tertiary alicyclic amines) is 1. The fourth-order valence-corrected chi connectivity index (χ4v) is 4.94. The molecule has 0 unspecified atom stereocenters. The predicted octanol–water partition coefficient (Wildman–Crippen LogP) is 7.07. The van der Waals surface area contributed by atoms with Crippen LogP contribution >= 0.6 is 23.2 Å². The van der Waals surface area contributed by atoms with Crippen molar-refractivity contribution in [3.8, 4) is 28.3 Å². The fraction of sp³-hybridized carbons (Fsp3) is 0.192. The average Bonchev–Trinajstić information content (AvgIpc) is 2.84. The van der Waals surface area contributed by atoms with E-state index in [9.17, 15) is 18.7 Å². The Hall–Kier alpha value is -3.49. The maximum atomic E-state index is 14.9. The van der Waals surface area contributed by atoms with Crippen LogP contribution in [-0.4, -0.2) is 45.3 Å². The van der Waals surface area contributed by atoms with Gasteiger partial charge in [-0.1, -0.05) is 29.3 Å². The Balaban J connectivity index is 1.67. The van der Waals surface area contributed by atoms with E-state index in [2.05, 4.69) is 9.97 Å². The van der Waals surface area contributed by atoms with E-state index in [1.165, 1.54) is 17.0 Å². The first-order chi connectivity index (χ1) is 17.3. The van der Waals surface area contributed by atoms with Gasteiger partial charge in [-0.05, 0) is 35.9 Å². The van der Waals surface area contributed by atoms with E-state index in [4.69, 9.17) is 27.9 Å². The second-order valence-electron chi connectivity index (χ2n) is 8.37. The van der Waals surface area contributed by atoms with Crippen LogP contribution in [0.4, 0.5) is 13.6 Å². The molecule has 2 aromatic carbocycles. The van der Waals surface area contributed by atoms with Gasteiger partial charge in [-0.3, -0.25) is 4.98 Å². The van der Waals surface area contributed by atoms with Gasteiger partial charge in [0.25, 0.3) is 0 Å². The van der Waals surface area contributed by atoms with Crippen LogP contribution in [0, 0.1) is 11.6 Å². The number of rotatable bonds is 4. The van der Waals surface area contributed by atoms with Crippen LogP contribution in [-0.2, 0) is 0 Å². The first-order valence-electron chi connectivity index (χ1n) is 11.2. The number of pyridine rings is 2. The molecule has 3 heterocycles. The number of nitrogens with zero attached hydrogens (tertiary/aromatic N) is 3. The lowest BCUT2D eigenvalue weighted by Gasteiger charge is -2.30. The summed E-state index contributed by atoms with van der Waals surface area (Å²) in [5.74, 6) is -1.23. The van der Waals surface area contributed by atoms with Gasteiger partial charge in [-0.25, -0.2) is 18.6 Å². The molecule has 1 N–H and O–H groups in total. The summed E-state index contributed by atoms with van der Waals surface area (Å²) in [4.78, 5) is 21.7. The molecular formula is C26H19Cl2F2N3O3. The van der Waals surface area contributed by atoms with Crippen LogP contribution < -0.4 is 4.74 Å². The molecule has 1 saturated heterocycles. The Morgan fingerprint density at radius 1 is 1.03 bits per heavy atom. The highest BCUT2D eigenvalue weighted by Crippen LogP contribution is 2.40. The van der Waals surface area contributed by atoms with E-state index >= 15 is 0 Å². The molecule has 0 saturated carbocycles. The SMILES string of the molecule is O=C(O)N1CCC(Oc2cc(-c3ccc(F)cc3F)c3ccnc(-c4c(Cl)cccc4Cl)c3n2)CC1. The molecular weight excluding hydrogens is 511 g/mol. The summed E-state index contributed by atoms with van der Waals surface area (Å²) >= 11 is 12.9. The van der Waals surface area contributed by atoms with Gasteiger partial charge in [0.05, 0.1) is 15.7 Å². The Morgan fingerprint density at radius 3 is 2.42 bits per heavy atom. The van der Waals surface area contributed by atoms with Crippen LogP contribution in [0.25, 0.3) is 33.3 Å². The van der Waals surface area contributed by atoms with Crippen molar-refractivity contribution in [1.29, 1.82) is 0 Å². The third-order valence-corrected chi connectivity index (χ3v) is 6.75. The molecule has 6 nitrogen and oxygen atoms in total. The zero-order valence-electron chi connectivity index (χ0n) is 18.7. The van der Waals surface area contributed by atoms with E-state index < -0.39 is 17.7 Å². The number of fused-ring (bicyclic) bond motifs is 1. The molecule has 1 aliphatic rings. The average molecular weight is 530 g/mol. The number of carboxylic acid groups (broad SMARTS) is 1. The maximum absolute atomic E-state index is 14.9. The third-order valence-electron chi connectivity index (χ3n) is 6.13. The van der Waals surface area contributed by atoms with Crippen LogP contribution in [0.15, 0.2) is 54.7 Å². The molecule has 5 rings (SSSR count). The number of hydrogen-bond acceptors (Lipinski definition) is 4. The Morgan fingerprint density at radius 2 is 1.75 bits per heavy atom. The van der Waals surface area contributed by atoms with Crippen LogP contribution in [0.3, 0.4) is 0 Å². The van der Waals surface area contributed by atoms with Crippen molar-refractivity contribution < 1.29 is 23.4 Å². The highest BCUT2D eigenvalue weighted by molar-refractivity contribution is 6.39. The van der Waals surface area contributed by atoms with Crippen molar-refractivity contribution in [1.82, 2.24) is 14.9 Å². The zero-order valence-corrected chi connectivity index (χ0v) is 20.2. The van der Waals surface area contributed by atoms with Crippen molar-refractivity contribution in [3.05, 3.63) is 76.4 Å². The normalized spacial score (nSPS) is 14.3. The quantitative estimate of drug-likeness (QED) is 0.306. The van der Waals surface area contributed by atoms with Gasteiger partial charge in [0.15, 0.2) is 0 Å². The molecule has 184 valence electrons. The van der Waals surface area contributed by atoms with Crippen LogP contribution in [0.2, 0.25) is 10.0 Å². The molecule has 0 atom stereocenters. The number of amides is 1. The number of hydrogen-bond donors (Lipinski definition) is 1. The molecule has 1 amide bonds. The predicted molar refractivity (Wildman–Crippen MR) is 134 cm³/mol. The van der Waals surface area contributed by atoms with Gasteiger partial charge in [-0.2, -0.15) is 0 Å². The summed E-state index contributed by atoms with van der Waals surface area (Å²) in [7, 11) is 0. The Labute approximate surface area is 215 Å². The number of aromatic nitrogens is 2. The number of benzene rings is 2. The Bertz CT molecular complexity index is 1460. The summed E-state index contributed by atoms with van der Waals surface area (Å²) in [6.07, 6.45) is 1.23. The topological polar surface area (TPSA) is 75.5 Å².